The molecule has 0 unspecified atom stereocenters. The quantitative estimate of drug-likeness (QED) is 0.775. The molecule has 2 rings (SSSR count). The lowest BCUT2D eigenvalue weighted by Crippen LogP contribution is -2.57. The molecule has 0 spiro atoms. The number of rotatable bonds is 2. The van der Waals surface area contributed by atoms with E-state index in [2.05, 4.69) is 10.6 Å². The first-order valence-electron chi connectivity index (χ1n) is 6.43. The van der Waals surface area contributed by atoms with Crippen LogP contribution in [0.1, 0.15) is 26.3 Å². The van der Waals surface area contributed by atoms with Crippen LogP contribution in [0.2, 0.25) is 0 Å². The van der Waals surface area contributed by atoms with E-state index in [0.717, 1.165) is 0 Å². The summed E-state index contributed by atoms with van der Waals surface area (Å²) < 4.78 is 18.5. The number of β-amino-alcohol motifs (C(OH)–C–C–N with tert-alkyl or cyclic N) is 1. The van der Waals surface area contributed by atoms with Gasteiger partial charge in [0.1, 0.15) is 17.0 Å². The predicted octanol–water partition coefficient (Wildman–Crippen LogP) is 1.96. The summed E-state index contributed by atoms with van der Waals surface area (Å²) in [5.74, 6) is -0.463. The van der Waals surface area contributed by atoms with Gasteiger partial charge >= 0.3 is 6.09 Å². The Hall–Kier alpha value is -1.66. The van der Waals surface area contributed by atoms with Gasteiger partial charge in [0.25, 0.3) is 0 Å². The fourth-order valence-corrected chi connectivity index (χ4v) is 1.98. The van der Waals surface area contributed by atoms with E-state index in [9.17, 15) is 14.3 Å². The molecular formula is C14H19FN2O3. The van der Waals surface area contributed by atoms with E-state index in [4.69, 9.17) is 4.74 Å². The summed E-state index contributed by atoms with van der Waals surface area (Å²) >= 11 is 0. The van der Waals surface area contributed by atoms with Crippen LogP contribution in [-0.2, 0) is 10.3 Å². The Morgan fingerprint density at radius 1 is 1.45 bits per heavy atom. The molecule has 1 fully saturated rings. The third-order valence-corrected chi connectivity index (χ3v) is 2.95. The van der Waals surface area contributed by atoms with Gasteiger partial charge in [-0.1, -0.05) is 0 Å². The second kappa shape index (κ2) is 5.03. The third-order valence-electron chi connectivity index (χ3n) is 2.95. The number of hydrogen-bond acceptors (Lipinski definition) is 4. The molecule has 6 heteroatoms. The molecule has 3 N–H and O–H groups in total. The second-order valence-electron chi connectivity index (χ2n) is 5.95. The molecular weight excluding hydrogens is 263 g/mol. The number of hydrogen-bond donors (Lipinski definition) is 3. The highest BCUT2D eigenvalue weighted by atomic mass is 19.1. The Bertz CT molecular complexity index is 522. The number of benzene rings is 1. The normalized spacial score (nSPS) is 17.2. The van der Waals surface area contributed by atoms with Crippen molar-refractivity contribution in [2.24, 2.45) is 0 Å². The SMILES string of the molecule is CC(C)(C)OC(=O)Nc1ccc(F)cc1C1(O)CNC1. The van der Waals surface area contributed by atoms with Gasteiger partial charge in [-0.05, 0) is 39.0 Å². The highest BCUT2D eigenvalue weighted by Gasteiger charge is 2.38. The van der Waals surface area contributed by atoms with E-state index < -0.39 is 23.1 Å². The van der Waals surface area contributed by atoms with Gasteiger partial charge in [-0.2, -0.15) is 0 Å². The highest BCUT2D eigenvalue weighted by Crippen LogP contribution is 2.32. The van der Waals surface area contributed by atoms with Crippen molar-refractivity contribution in [1.82, 2.24) is 5.32 Å². The second-order valence-corrected chi connectivity index (χ2v) is 5.95. The van der Waals surface area contributed by atoms with Crippen molar-refractivity contribution in [3.8, 4) is 0 Å². The minimum absolute atomic E-state index is 0.319. The standard InChI is InChI=1S/C14H19FN2O3/c1-13(2,3)20-12(18)17-11-5-4-9(15)6-10(11)14(19)7-16-8-14/h4-6,16,19H,7-8H2,1-3H3,(H,17,18). The van der Waals surface area contributed by atoms with E-state index in [0.29, 0.717) is 24.3 Å². The lowest BCUT2D eigenvalue weighted by Gasteiger charge is -2.39. The molecule has 1 amide bonds. The van der Waals surface area contributed by atoms with Crippen molar-refractivity contribution in [3.05, 3.63) is 29.6 Å². The molecule has 1 heterocycles. The monoisotopic (exact) mass is 282 g/mol. The molecule has 1 aliphatic rings. The minimum atomic E-state index is -1.16. The van der Waals surface area contributed by atoms with Crippen LogP contribution in [0.5, 0.6) is 0 Å². The van der Waals surface area contributed by atoms with Crippen LogP contribution in [0.25, 0.3) is 0 Å². The van der Waals surface area contributed by atoms with Gasteiger partial charge in [0.2, 0.25) is 0 Å². The zero-order valence-electron chi connectivity index (χ0n) is 11.8. The third kappa shape index (κ3) is 3.26. The minimum Gasteiger partial charge on any atom is -0.444 e. The van der Waals surface area contributed by atoms with Gasteiger partial charge in [0.15, 0.2) is 0 Å². The smallest absolute Gasteiger partial charge is 0.412 e. The van der Waals surface area contributed by atoms with Crippen molar-refractivity contribution in [2.75, 3.05) is 18.4 Å². The van der Waals surface area contributed by atoms with E-state index in [-0.39, 0.29) is 0 Å². The number of amides is 1. The number of carbonyl (C=O) groups excluding carboxylic acids is 1. The van der Waals surface area contributed by atoms with E-state index in [1.807, 2.05) is 0 Å². The first-order valence-corrected chi connectivity index (χ1v) is 6.43. The van der Waals surface area contributed by atoms with Crippen molar-refractivity contribution < 1.29 is 19.0 Å². The number of ether oxygens (including phenoxy) is 1. The Kier molecular flexibility index (Phi) is 3.71. The van der Waals surface area contributed by atoms with Gasteiger partial charge < -0.3 is 15.2 Å². The van der Waals surface area contributed by atoms with Crippen LogP contribution in [0, 0.1) is 5.82 Å². The fraction of sp³-hybridized carbons (Fsp3) is 0.500. The summed E-state index contributed by atoms with van der Waals surface area (Å²) in [6.07, 6.45) is -0.638. The molecule has 5 nitrogen and oxygen atoms in total. The highest BCUT2D eigenvalue weighted by molar-refractivity contribution is 5.86. The average Bonchev–Trinajstić information content (AvgIpc) is 2.26. The average molecular weight is 282 g/mol. The first kappa shape index (κ1) is 14.7. The molecule has 0 aromatic heterocycles. The Morgan fingerprint density at radius 2 is 2.10 bits per heavy atom. The van der Waals surface area contributed by atoms with Crippen LogP contribution in [0.15, 0.2) is 18.2 Å². The molecule has 0 atom stereocenters. The summed E-state index contributed by atoms with van der Waals surface area (Å²) in [4.78, 5) is 11.8. The molecule has 1 aromatic carbocycles. The number of anilines is 1. The topological polar surface area (TPSA) is 70.6 Å². The van der Waals surface area contributed by atoms with Crippen molar-refractivity contribution in [3.63, 3.8) is 0 Å². The van der Waals surface area contributed by atoms with Crippen LogP contribution < -0.4 is 10.6 Å². The zero-order valence-corrected chi connectivity index (χ0v) is 11.8. The summed E-state index contributed by atoms with van der Waals surface area (Å²) in [5, 5.41) is 15.8. The summed E-state index contributed by atoms with van der Waals surface area (Å²) in [5.41, 5.74) is -1.09. The van der Waals surface area contributed by atoms with Crippen molar-refractivity contribution in [1.29, 1.82) is 0 Å². The van der Waals surface area contributed by atoms with E-state index >= 15 is 0 Å². The predicted molar refractivity (Wildman–Crippen MR) is 73.0 cm³/mol. The maximum Gasteiger partial charge on any atom is 0.412 e. The summed E-state index contributed by atoms with van der Waals surface area (Å²) in [6, 6.07) is 3.88. The summed E-state index contributed by atoms with van der Waals surface area (Å²) in [7, 11) is 0. The molecule has 1 saturated heterocycles. The van der Waals surface area contributed by atoms with Crippen LogP contribution >= 0.6 is 0 Å². The lowest BCUT2D eigenvalue weighted by molar-refractivity contribution is -0.0142. The number of aliphatic hydroxyl groups is 1. The van der Waals surface area contributed by atoms with Gasteiger partial charge in [0.05, 0.1) is 5.69 Å². The van der Waals surface area contributed by atoms with Crippen molar-refractivity contribution in [2.45, 2.75) is 32.0 Å². The van der Waals surface area contributed by atoms with Gasteiger partial charge in [-0.15, -0.1) is 0 Å². The number of halogens is 1. The van der Waals surface area contributed by atoms with Crippen LogP contribution in [0.3, 0.4) is 0 Å². The molecule has 0 bridgehead atoms. The molecule has 110 valence electrons. The van der Waals surface area contributed by atoms with Crippen LogP contribution in [0.4, 0.5) is 14.9 Å². The largest absolute Gasteiger partial charge is 0.444 e. The zero-order chi connectivity index (χ0) is 15.0. The number of nitrogens with one attached hydrogen (secondary N) is 2. The summed E-state index contributed by atoms with van der Waals surface area (Å²) in [6.45, 7) is 5.89. The Labute approximate surface area is 117 Å². The first-order chi connectivity index (χ1) is 9.20. The molecule has 20 heavy (non-hydrogen) atoms. The Morgan fingerprint density at radius 3 is 2.60 bits per heavy atom. The van der Waals surface area contributed by atoms with Crippen LogP contribution in [-0.4, -0.2) is 29.9 Å². The van der Waals surface area contributed by atoms with E-state index in [1.54, 1.807) is 20.8 Å². The lowest BCUT2D eigenvalue weighted by atomic mass is 9.87. The Balaban J connectivity index is 2.21. The molecule has 0 radical (unpaired) electrons. The van der Waals surface area contributed by atoms with Gasteiger partial charge in [-0.25, -0.2) is 9.18 Å². The maximum atomic E-state index is 13.4. The maximum absolute atomic E-state index is 13.4. The molecule has 0 aliphatic carbocycles. The van der Waals surface area contributed by atoms with Crippen molar-refractivity contribution >= 4 is 11.8 Å². The molecule has 0 saturated carbocycles. The van der Waals surface area contributed by atoms with E-state index in [1.165, 1.54) is 18.2 Å². The van der Waals surface area contributed by atoms with Gasteiger partial charge in [0, 0.05) is 18.7 Å². The molecule has 1 aromatic rings. The van der Waals surface area contributed by atoms with Gasteiger partial charge in [-0.3, -0.25) is 5.32 Å². The fourth-order valence-electron chi connectivity index (χ4n) is 1.98. The number of carbonyl (C=O) groups is 1. The molecule has 1 aliphatic heterocycles.